The molecule has 1 rings (SSSR count). The third kappa shape index (κ3) is 2.11. The molecule has 0 fully saturated rings. The number of hydrogen-bond acceptors (Lipinski definition) is 2. The number of hydrogen-bond donors (Lipinski definition) is 1. The predicted octanol–water partition coefficient (Wildman–Crippen LogP) is 3.61. The lowest BCUT2D eigenvalue weighted by atomic mass is 9.95. The Kier molecular flexibility index (Phi) is 2.45. The summed E-state index contributed by atoms with van der Waals surface area (Å²) in [6, 6.07) is 2.08. The highest BCUT2D eigenvalue weighted by molar-refractivity contribution is 7.10. The van der Waals surface area contributed by atoms with Crippen molar-refractivity contribution in [3.05, 3.63) is 16.3 Å². The van der Waals surface area contributed by atoms with Gasteiger partial charge >= 0.3 is 0 Å². The van der Waals surface area contributed by atoms with E-state index in [1.807, 2.05) is 5.38 Å². The molecular formula is C8H12ClNS. The molecule has 0 aliphatic rings. The molecule has 0 spiro atoms. The van der Waals surface area contributed by atoms with Crippen LogP contribution in [-0.2, 0) is 5.41 Å². The van der Waals surface area contributed by atoms with E-state index >= 15 is 0 Å². The Morgan fingerprint density at radius 2 is 2.09 bits per heavy atom. The predicted molar refractivity (Wildman–Crippen MR) is 52.5 cm³/mol. The van der Waals surface area contributed by atoms with Crippen molar-refractivity contribution in [3.63, 3.8) is 0 Å². The Hall–Kier alpha value is -0.210. The molecule has 0 aliphatic heterocycles. The average Bonchev–Trinajstić information content (AvgIpc) is 2.32. The van der Waals surface area contributed by atoms with Gasteiger partial charge in [-0.15, -0.1) is 11.3 Å². The van der Waals surface area contributed by atoms with Gasteiger partial charge in [0.25, 0.3) is 0 Å². The largest absolute Gasteiger partial charge is 0.298 e. The molecule has 1 aromatic rings. The lowest BCUT2D eigenvalue weighted by Gasteiger charge is -2.14. The lowest BCUT2D eigenvalue weighted by molar-refractivity contribution is 0.604. The second kappa shape index (κ2) is 3.03. The van der Waals surface area contributed by atoms with Crippen molar-refractivity contribution in [3.8, 4) is 0 Å². The molecule has 1 N–H and O–H groups in total. The molecule has 62 valence electrons. The summed E-state index contributed by atoms with van der Waals surface area (Å²) in [5, 5.41) is 2.02. The summed E-state index contributed by atoms with van der Waals surface area (Å²) < 4.78 is 0. The van der Waals surface area contributed by atoms with Crippen LogP contribution in [0.15, 0.2) is 11.4 Å². The van der Waals surface area contributed by atoms with Gasteiger partial charge in [0, 0.05) is 22.0 Å². The fourth-order valence-electron chi connectivity index (χ4n) is 0.779. The van der Waals surface area contributed by atoms with Crippen LogP contribution in [0.5, 0.6) is 0 Å². The first kappa shape index (κ1) is 8.88. The van der Waals surface area contributed by atoms with Crippen molar-refractivity contribution in [2.75, 3.05) is 4.84 Å². The molecule has 1 nitrogen and oxygen atoms in total. The topological polar surface area (TPSA) is 12.0 Å². The van der Waals surface area contributed by atoms with E-state index < -0.39 is 0 Å². The van der Waals surface area contributed by atoms with Crippen LogP contribution in [0.25, 0.3) is 0 Å². The van der Waals surface area contributed by atoms with Crippen molar-refractivity contribution in [1.29, 1.82) is 0 Å². The van der Waals surface area contributed by atoms with E-state index in [4.69, 9.17) is 11.8 Å². The van der Waals surface area contributed by atoms with E-state index in [1.165, 1.54) is 4.88 Å². The van der Waals surface area contributed by atoms with E-state index in [-0.39, 0.29) is 5.41 Å². The smallest absolute Gasteiger partial charge is 0.0601 e. The molecule has 3 heteroatoms. The van der Waals surface area contributed by atoms with Crippen LogP contribution < -0.4 is 4.84 Å². The molecule has 0 radical (unpaired) electrons. The highest BCUT2D eigenvalue weighted by atomic mass is 35.5. The van der Waals surface area contributed by atoms with Crippen LogP contribution >= 0.6 is 23.1 Å². The molecular weight excluding hydrogens is 178 g/mol. The van der Waals surface area contributed by atoms with Crippen molar-refractivity contribution in [2.45, 2.75) is 26.2 Å². The van der Waals surface area contributed by atoms with E-state index in [0.29, 0.717) is 0 Å². The van der Waals surface area contributed by atoms with Gasteiger partial charge < -0.3 is 0 Å². The first-order valence-corrected chi connectivity index (χ1v) is 4.75. The zero-order valence-electron chi connectivity index (χ0n) is 6.94. The van der Waals surface area contributed by atoms with E-state index in [0.717, 1.165) is 5.69 Å². The van der Waals surface area contributed by atoms with Gasteiger partial charge in [0.05, 0.1) is 5.69 Å². The van der Waals surface area contributed by atoms with Crippen LogP contribution in [-0.4, -0.2) is 0 Å². The molecule has 1 heterocycles. The molecule has 0 bridgehead atoms. The Morgan fingerprint density at radius 3 is 2.36 bits per heavy atom. The highest BCUT2D eigenvalue weighted by Crippen LogP contribution is 2.30. The van der Waals surface area contributed by atoms with Gasteiger partial charge in [-0.05, 0) is 11.5 Å². The van der Waals surface area contributed by atoms with Gasteiger partial charge in [-0.3, -0.25) is 4.84 Å². The molecule has 0 atom stereocenters. The number of thiophene rings is 1. The van der Waals surface area contributed by atoms with Crippen molar-refractivity contribution >= 4 is 28.8 Å². The minimum absolute atomic E-state index is 0.233. The normalized spacial score (nSPS) is 11.6. The minimum Gasteiger partial charge on any atom is -0.298 e. The Balaban J connectivity index is 2.89. The standard InChI is InChI=1S/C8H12ClNS/c1-8(2,3)7-4-6(10-9)5-11-7/h4-5,10H,1-3H3. The minimum atomic E-state index is 0.233. The zero-order valence-corrected chi connectivity index (χ0v) is 8.51. The zero-order chi connectivity index (χ0) is 8.48. The van der Waals surface area contributed by atoms with Crippen LogP contribution in [0.4, 0.5) is 5.69 Å². The quantitative estimate of drug-likeness (QED) is 0.666. The van der Waals surface area contributed by atoms with Gasteiger partial charge in [0.1, 0.15) is 0 Å². The molecule has 1 aromatic heterocycles. The number of anilines is 1. The molecule has 0 amide bonds. The number of halogens is 1. The van der Waals surface area contributed by atoms with Gasteiger partial charge in [0.2, 0.25) is 0 Å². The maximum atomic E-state index is 5.45. The number of rotatable bonds is 1. The van der Waals surface area contributed by atoms with Gasteiger partial charge in [-0.25, -0.2) is 0 Å². The summed E-state index contributed by atoms with van der Waals surface area (Å²) in [4.78, 5) is 3.95. The Morgan fingerprint density at radius 1 is 1.45 bits per heavy atom. The Labute approximate surface area is 76.5 Å². The summed E-state index contributed by atoms with van der Waals surface area (Å²) in [7, 11) is 0. The second-order valence-electron chi connectivity index (χ2n) is 3.54. The molecule has 0 saturated carbocycles. The van der Waals surface area contributed by atoms with Crippen LogP contribution in [0, 0.1) is 0 Å². The van der Waals surface area contributed by atoms with Crippen molar-refractivity contribution < 1.29 is 0 Å². The lowest BCUT2D eigenvalue weighted by Crippen LogP contribution is -2.07. The van der Waals surface area contributed by atoms with E-state index in [1.54, 1.807) is 11.3 Å². The van der Waals surface area contributed by atoms with Crippen molar-refractivity contribution in [2.24, 2.45) is 0 Å². The summed E-state index contributed by atoms with van der Waals surface area (Å²) in [5.41, 5.74) is 1.22. The summed E-state index contributed by atoms with van der Waals surface area (Å²) in [6.07, 6.45) is 0. The maximum Gasteiger partial charge on any atom is 0.0601 e. The molecule has 0 aromatic carbocycles. The third-order valence-corrected chi connectivity index (χ3v) is 3.02. The molecule has 0 aliphatic carbocycles. The Bertz CT molecular complexity index is 236. The summed E-state index contributed by atoms with van der Waals surface area (Å²) >= 11 is 7.18. The average molecular weight is 190 g/mol. The van der Waals surface area contributed by atoms with Gasteiger partial charge in [0.15, 0.2) is 0 Å². The SMILES string of the molecule is CC(C)(C)c1cc(NCl)cs1. The van der Waals surface area contributed by atoms with Crippen LogP contribution in [0.2, 0.25) is 0 Å². The molecule has 0 unspecified atom stereocenters. The fraction of sp³-hybridized carbons (Fsp3) is 0.500. The summed E-state index contributed by atoms with van der Waals surface area (Å²) in [6.45, 7) is 6.57. The first-order chi connectivity index (χ1) is 5.04. The first-order valence-electron chi connectivity index (χ1n) is 3.49. The van der Waals surface area contributed by atoms with Gasteiger partial charge in [-0.2, -0.15) is 0 Å². The monoisotopic (exact) mass is 189 g/mol. The molecule has 11 heavy (non-hydrogen) atoms. The highest BCUT2D eigenvalue weighted by Gasteiger charge is 2.15. The van der Waals surface area contributed by atoms with Crippen LogP contribution in [0.1, 0.15) is 25.6 Å². The fourth-order valence-corrected chi connectivity index (χ4v) is 1.88. The molecule has 0 saturated heterocycles. The van der Waals surface area contributed by atoms with E-state index in [9.17, 15) is 0 Å². The van der Waals surface area contributed by atoms with Gasteiger partial charge in [-0.1, -0.05) is 20.8 Å². The third-order valence-electron chi connectivity index (χ3n) is 1.45. The maximum absolute atomic E-state index is 5.45. The number of nitrogens with one attached hydrogen (secondary N) is 1. The summed E-state index contributed by atoms with van der Waals surface area (Å²) in [5.74, 6) is 0. The second-order valence-corrected chi connectivity index (χ2v) is 4.64. The van der Waals surface area contributed by atoms with Crippen LogP contribution in [0.3, 0.4) is 0 Å². The van der Waals surface area contributed by atoms with Crippen molar-refractivity contribution in [1.82, 2.24) is 0 Å². The van der Waals surface area contributed by atoms with E-state index in [2.05, 4.69) is 31.7 Å².